The van der Waals surface area contributed by atoms with E-state index in [1.807, 2.05) is 46.2 Å². The molecule has 2 amide bonds. The molecular weight excluding hydrogens is 374 g/mol. The normalized spacial score (nSPS) is 20.8. The lowest BCUT2D eigenvalue weighted by Gasteiger charge is -2.34. The zero-order valence-corrected chi connectivity index (χ0v) is 16.9. The van der Waals surface area contributed by atoms with Crippen LogP contribution in [0.2, 0.25) is 0 Å². The summed E-state index contributed by atoms with van der Waals surface area (Å²) in [6, 6.07) is 11.4. The number of benzene rings is 1. The molecule has 2 aromatic rings. The van der Waals surface area contributed by atoms with Crippen molar-refractivity contribution in [2.75, 3.05) is 38.5 Å². The highest BCUT2D eigenvalue weighted by Crippen LogP contribution is 2.39. The molecule has 3 heterocycles. The highest BCUT2D eigenvalue weighted by molar-refractivity contribution is 8.00. The van der Waals surface area contributed by atoms with Gasteiger partial charge in [0.25, 0.3) is 5.91 Å². The molecule has 2 fully saturated rings. The number of carbonyl (C=O) groups excluding carboxylic acids is 2. The van der Waals surface area contributed by atoms with Gasteiger partial charge in [0.2, 0.25) is 5.91 Å². The number of likely N-dealkylation sites (N-methyl/N-ethyl adjacent to an activating group) is 1. The van der Waals surface area contributed by atoms with Gasteiger partial charge in [-0.15, -0.1) is 11.8 Å². The van der Waals surface area contributed by atoms with E-state index < -0.39 is 0 Å². The fourth-order valence-corrected chi connectivity index (χ4v) is 4.90. The molecule has 28 heavy (non-hydrogen) atoms. The van der Waals surface area contributed by atoms with Crippen LogP contribution >= 0.6 is 11.8 Å². The van der Waals surface area contributed by atoms with Gasteiger partial charge < -0.3 is 19.1 Å². The van der Waals surface area contributed by atoms with E-state index in [9.17, 15) is 9.59 Å². The molecule has 1 aromatic heterocycles. The van der Waals surface area contributed by atoms with Crippen LogP contribution in [-0.2, 0) is 11.3 Å². The van der Waals surface area contributed by atoms with Gasteiger partial charge in [-0.05, 0) is 36.4 Å². The van der Waals surface area contributed by atoms with Crippen molar-refractivity contribution in [2.24, 2.45) is 0 Å². The first-order chi connectivity index (χ1) is 13.7. The topological polar surface area (TPSA) is 57.0 Å². The molecule has 0 radical (unpaired) electrons. The van der Waals surface area contributed by atoms with E-state index in [0.717, 1.165) is 44.0 Å². The van der Waals surface area contributed by atoms with Crippen LogP contribution in [0.25, 0.3) is 0 Å². The van der Waals surface area contributed by atoms with Crippen LogP contribution in [0.5, 0.6) is 0 Å². The summed E-state index contributed by atoms with van der Waals surface area (Å²) >= 11 is 1.61. The largest absolute Gasteiger partial charge is 0.467 e. The Hall–Kier alpha value is -2.25. The molecule has 2 saturated heterocycles. The highest BCUT2D eigenvalue weighted by atomic mass is 32.2. The Kier molecular flexibility index (Phi) is 5.73. The van der Waals surface area contributed by atoms with Gasteiger partial charge in [-0.25, -0.2) is 0 Å². The standard InChI is InChI=1S/C21H25N3O3S/c1-2-22-9-11-23(12-10-22)20(26)16-5-7-17(8-6-16)21-24(19(25)15-28-21)14-18-4-3-13-27-18/h3-8,13,21H,2,9-12,14-15H2,1H3/t21-/m0/s1. The number of thioether (sulfide) groups is 1. The molecule has 4 rings (SSSR count). The molecule has 7 heteroatoms. The Morgan fingerprint density at radius 1 is 1.14 bits per heavy atom. The third kappa shape index (κ3) is 3.95. The van der Waals surface area contributed by atoms with Crippen LogP contribution < -0.4 is 0 Å². The molecule has 0 aliphatic carbocycles. The molecule has 0 bridgehead atoms. The minimum atomic E-state index is -0.0464. The van der Waals surface area contributed by atoms with Crippen molar-refractivity contribution in [3.8, 4) is 0 Å². The van der Waals surface area contributed by atoms with Crippen molar-refractivity contribution in [3.63, 3.8) is 0 Å². The maximum atomic E-state index is 12.8. The second-order valence-corrected chi connectivity index (χ2v) is 8.18. The SMILES string of the molecule is CCN1CCN(C(=O)c2ccc([C@@H]3SCC(=O)N3Cc3ccco3)cc2)CC1. The number of amides is 2. The molecule has 6 nitrogen and oxygen atoms in total. The summed E-state index contributed by atoms with van der Waals surface area (Å²) in [5.74, 6) is 1.44. The van der Waals surface area contributed by atoms with Gasteiger partial charge in [-0.1, -0.05) is 19.1 Å². The molecule has 0 saturated carbocycles. The number of piperazine rings is 1. The lowest BCUT2D eigenvalue weighted by molar-refractivity contribution is -0.128. The molecule has 148 valence electrons. The fourth-order valence-electron chi connectivity index (χ4n) is 3.71. The summed E-state index contributed by atoms with van der Waals surface area (Å²) in [5, 5.41) is -0.0464. The van der Waals surface area contributed by atoms with Crippen molar-refractivity contribution < 1.29 is 14.0 Å². The van der Waals surface area contributed by atoms with Crippen LogP contribution in [0.1, 0.15) is 34.0 Å². The van der Waals surface area contributed by atoms with Gasteiger partial charge >= 0.3 is 0 Å². The van der Waals surface area contributed by atoms with Gasteiger partial charge in [0, 0.05) is 31.7 Å². The summed E-state index contributed by atoms with van der Waals surface area (Å²) in [4.78, 5) is 31.2. The van der Waals surface area contributed by atoms with E-state index in [4.69, 9.17) is 4.42 Å². The second kappa shape index (κ2) is 8.41. The Balaban J connectivity index is 1.43. The number of hydrogen-bond donors (Lipinski definition) is 0. The fraction of sp³-hybridized carbons (Fsp3) is 0.429. The lowest BCUT2D eigenvalue weighted by atomic mass is 10.1. The first-order valence-corrected chi connectivity index (χ1v) is 10.8. The van der Waals surface area contributed by atoms with E-state index in [0.29, 0.717) is 17.9 Å². The number of carbonyl (C=O) groups is 2. The zero-order valence-electron chi connectivity index (χ0n) is 16.0. The van der Waals surface area contributed by atoms with Crippen molar-refractivity contribution in [1.82, 2.24) is 14.7 Å². The first-order valence-electron chi connectivity index (χ1n) is 9.70. The van der Waals surface area contributed by atoms with Crippen molar-refractivity contribution >= 4 is 23.6 Å². The number of nitrogens with zero attached hydrogens (tertiary/aromatic N) is 3. The minimum absolute atomic E-state index is 0.0464. The predicted octanol–water partition coefficient (Wildman–Crippen LogP) is 2.83. The maximum Gasteiger partial charge on any atom is 0.253 e. The number of furan rings is 1. The second-order valence-electron chi connectivity index (χ2n) is 7.11. The Morgan fingerprint density at radius 2 is 1.89 bits per heavy atom. The molecule has 0 unspecified atom stereocenters. The monoisotopic (exact) mass is 399 g/mol. The van der Waals surface area contributed by atoms with E-state index in [1.54, 1.807) is 18.0 Å². The van der Waals surface area contributed by atoms with E-state index in [1.165, 1.54) is 0 Å². The van der Waals surface area contributed by atoms with Gasteiger partial charge in [0.1, 0.15) is 11.1 Å². The average molecular weight is 400 g/mol. The first kappa shape index (κ1) is 19.1. The third-order valence-corrected chi connectivity index (χ3v) is 6.68. The minimum Gasteiger partial charge on any atom is -0.467 e. The van der Waals surface area contributed by atoms with Gasteiger partial charge in [-0.2, -0.15) is 0 Å². The van der Waals surface area contributed by atoms with Gasteiger partial charge in [-0.3, -0.25) is 9.59 Å². The van der Waals surface area contributed by atoms with Crippen LogP contribution in [0.3, 0.4) is 0 Å². The van der Waals surface area contributed by atoms with Crippen LogP contribution in [0.15, 0.2) is 47.1 Å². The van der Waals surface area contributed by atoms with Crippen molar-refractivity contribution in [1.29, 1.82) is 0 Å². The average Bonchev–Trinajstić information content (AvgIpc) is 3.38. The molecule has 0 spiro atoms. The van der Waals surface area contributed by atoms with Crippen LogP contribution in [0, 0.1) is 0 Å². The van der Waals surface area contributed by atoms with E-state index in [2.05, 4.69) is 11.8 Å². The Labute approximate surface area is 169 Å². The lowest BCUT2D eigenvalue weighted by Crippen LogP contribution is -2.48. The summed E-state index contributed by atoms with van der Waals surface area (Å²) in [5.41, 5.74) is 1.75. The van der Waals surface area contributed by atoms with Crippen LogP contribution in [0.4, 0.5) is 0 Å². The van der Waals surface area contributed by atoms with Crippen molar-refractivity contribution in [3.05, 3.63) is 59.5 Å². The van der Waals surface area contributed by atoms with Gasteiger partial charge in [0.05, 0.1) is 18.6 Å². The number of rotatable bonds is 5. The van der Waals surface area contributed by atoms with E-state index >= 15 is 0 Å². The Morgan fingerprint density at radius 3 is 2.54 bits per heavy atom. The summed E-state index contributed by atoms with van der Waals surface area (Å²) in [7, 11) is 0. The molecule has 2 aliphatic rings. The summed E-state index contributed by atoms with van der Waals surface area (Å²) in [6.07, 6.45) is 1.62. The van der Waals surface area contributed by atoms with Crippen molar-refractivity contribution in [2.45, 2.75) is 18.8 Å². The summed E-state index contributed by atoms with van der Waals surface area (Å²) in [6.45, 7) is 7.06. The highest BCUT2D eigenvalue weighted by Gasteiger charge is 2.33. The Bertz CT molecular complexity index is 814. The number of hydrogen-bond acceptors (Lipinski definition) is 5. The predicted molar refractivity (Wildman–Crippen MR) is 109 cm³/mol. The molecule has 1 atom stereocenters. The van der Waals surface area contributed by atoms with E-state index in [-0.39, 0.29) is 17.2 Å². The molecule has 2 aliphatic heterocycles. The quantitative estimate of drug-likeness (QED) is 0.774. The molecule has 0 N–H and O–H groups in total. The van der Waals surface area contributed by atoms with Crippen LogP contribution in [-0.4, -0.2) is 65.0 Å². The molecular formula is C21H25N3O3S. The maximum absolute atomic E-state index is 12.8. The van der Waals surface area contributed by atoms with Gasteiger partial charge in [0.15, 0.2) is 0 Å². The smallest absolute Gasteiger partial charge is 0.253 e. The zero-order chi connectivity index (χ0) is 19.5. The third-order valence-electron chi connectivity index (χ3n) is 5.42. The molecule has 1 aromatic carbocycles. The summed E-state index contributed by atoms with van der Waals surface area (Å²) < 4.78 is 5.40.